The molecule has 0 bridgehead atoms. The summed E-state index contributed by atoms with van der Waals surface area (Å²) >= 11 is 5.78. The van der Waals surface area contributed by atoms with Gasteiger partial charge in [-0.05, 0) is 37.1 Å². The molecule has 20 heavy (non-hydrogen) atoms. The van der Waals surface area contributed by atoms with Crippen molar-refractivity contribution in [1.82, 2.24) is 4.98 Å². The molecule has 1 aromatic heterocycles. The molecule has 108 valence electrons. The second kappa shape index (κ2) is 5.48. The van der Waals surface area contributed by atoms with E-state index in [1.165, 1.54) is 6.07 Å². The Balaban J connectivity index is 2.78. The number of rotatable bonds is 3. The van der Waals surface area contributed by atoms with Crippen LogP contribution in [0.15, 0.2) is 18.2 Å². The molecule has 0 unspecified atom stereocenters. The van der Waals surface area contributed by atoms with Gasteiger partial charge < -0.3 is 5.32 Å². The number of alkyl halides is 3. The van der Waals surface area contributed by atoms with Crippen LogP contribution in [0.4, 0.5) is 19.0 Å². The topological polar surface area (TPSA) is 24.9 Å². The number of hydrogen-bond acceptors (Lipinski definition) is 2. The first-order valence-corrected chi connectivity index (χ1v) is 6.68. The zero-order chi connectivity index (χ0) is 14.9. The summed E-state index contributed by atoms with van der Waals surface area (Å²) in [5.41, 5.74) is -0.00778. The number of hydrogen-bond donors (Lipinski definition) is 1. The number of benzene rings is 1. The summed E-state index contributed by atoms with van der Waals surface area (Å²) in [6.45, 7) is 4.40. The molecule has 1 heterocycles. The summed E-state index contributed by atoms with van der Waals surface area (Å²) in [7, 11) is 0. The normalized spacial score (nSPS) is 11.9. The standard InChI is InChI=1S/C14H14ClF3N2/c1-3-8-5-9-6-10(15)7-11(14(16,17)18)12(9)20-13(8)19-4-2/h5-7H,3-4H2,1-2H3,(H,19,20). The Morgan fingerprint density at radius 3 is 2.45 bits per heavy atom. The fraction of sp³-hybridized carbons (Fsp3) is 0.357. The third kappa shape index (κ3) is 2.82. The van der Waals surface area contributed by atoms with Gasteiger partial charge in [0.05, 0.1) is 11.1 Å². The largest absolute Gasteiger partial charge is 0.418 e. The first-order chi connectivity index (χ1) is 9.36. The van der Waals surface area contributed by atoms with Crippen molar-refractivity contribution >= 4 is 28.3 Å². The van der Waals surface area contributed by atoms with Crippen LogP contribution in [0.5, 0.6) is 0 Å². The number of pyridine rings is 1. The lowest BCUT2D eigenvalue weighted by molar-refractivity contribution is -0.136. The van der Waals surface area contributed by atoms with Gasteiger partial charge >= 0.3 is 6.18 Å². The smallest absolute Gasteiger partial charge is 0.370 e. The predicted molar refractivity (Wildman–Crippen MR) is 75.3 cm³/mol. The Morgan fingerprint density at radius 2 is 1.90 bits per heavy atom. The number of nitrogens with one attached hydrogen (secondary N) is 1. The molecule has 0 amide bonds. The third-order valence-electron chi connectivity index (χ3n) is 2.99. The van der Waals surface area contributed by atoms with E-state index in [1.807, 2.05) is 13.8 Å². The maximum atomic E-state index is 13.1. The van der Waals surface area contributed by atoms with Gasteiger partial charge in [0.15, 0.2) is 0 Å². The van der Waals surface area contributed by atoms with Crippen LogP contribution in [-0.2, 0) is 12.6 Å². The molecule has 2 rings (SSSR count). The van der Waals surface area contributed by atoms with Crippen LogP contribution in [0, 0.1) is 0 Å². The average molecular weight is 303 g/mol. The quantitative estimate of drug-likeness (QED) is 0.872. The van der Waals surface area contributed by atoms with Crippen molar-refractivity contribution in [2.75, 3.05) is 11.9 Å². The highest BCUT2D eigenvalue weighted by Gasteiger charge is 2.34. The molecule has 2 nitrogen and oxygen atoms in total. The van der Waals surface area contributed by atoms with Gasteiger partial charge in [-0.25, -0.2) is 4.98 Å². The van der Waals surface area contributed by atoms with E-state index in [4.69, 9.17) is 11.6 Å². The van der Waals surface area contributed by atoms with Crippen LogP contribution < -0.4 is 5.32 Å². The van der Waals surface area contributed by atoms with E-state index in [9.17, 15) is 13.2 Å². The van der Waals surface area contributed by atoms with E-state index >= 15 is 0 Å². The second-order valence-corrected chi connectivity index (χ2v) is 4.84. The summed E-state index contributed by atoms with van der Waals surface area (Å²) in [5, 5.41) is 3.47. The number of halogens is 4. The van der Waals surface area contributed by atoms with Crippen molar-refractivity contribution in [3.8, 4) is 0 Å². The Hall–Kier alpha value is -1.49. The highest BCUT2D eigenvalue weighted by molar-refractivity contribution is 6.31. The summed E-state index contributed by atoms with van der Waals surface area (Å²) in [5.74, 6) is 0.496. The molecule has 0 spiro atoms. The molecule has 0 radical (unpaired) electrons. The van der Waals surface area contributed by atoms with Crippen LogP contribution in [0.25, 0.3) is 10.9 Å². The van der Waals surface area contributed by atoms with Crippen molar-refractivity contribution < 1.29 is 13.2 Å². The van der Waals surface area contributed by atoms with Crippen molar-refractivity contribution in [3.63, 3.8) is 0 Å². The van der Waals surface area contributed by atoms with E-state index < -0.39 is 11.7 Å². The molecular formula is C14H14ClF3N2. The molecule has 0 fully saturated rings. The fourth-order valence-electron chi connectivity index (χ4n) is 2.10. The predicted octanol–water partition coefficient (Wildman–Crippen LogP) is 4.90. The highest BCUT2D eigenvalue weighted by Crippen LogP contribution is 2.37. The van der Waals surface area contributed by atoms with Crippen LogP contribution >= 0.6 is 11.6 Å². The molecule has 1 N–H and O–H groups in total. The first kappa shape index (κ1) is 14.9. The van der Waals surface area contributed by atoms with E-state index in [0.29, 0.717) is 24.2 Å². The monoisotopic (exact) mass is 302 g/mol. The Labute approximate surface area is 120 Å². The third-order valence-corrected chi connectivity index (χ3v) is 3.21. The second-order valence-electron chi connectivity index (χ2n) is 4.40. The summed E-state index contributed by atoms with van der Waals surface area (Å²) < 4.78 is 39.2. The Kier molecular flexibility index (Phi) is 4.09. The molecule has 6 heteroatoms. The molecule has 0 atom stereocenters. The van der Waals surface area contributed by atoms with Gasteiger partial charge in [-0.15, -0.1) is 0 Å². The van der Waals surface area contributed by atoms with Crippen LogP contribution in [0.1, 0.15) is 25.0 Å². The van der Waals surface area contributed by atoms with Crippen LogP contribution in [0.2, 0.25) is 5.02 Å². The van der Waals surface area contributed by atoms with Gasteiger partial charge in [0.25, 0.3) is 0 Å². The van der Waals surface area contributed by atoms with Crippen molar-refractivity contribution in [2.24, 2.45) is 0 Å². The van der Waals surface area contributed by atoms with E-state index in [-0.39, 0.29) is 10.5 Å². The molecule has 0 aliphatic heterocycles. The molecule has 0 aliphatic rings. The number of aromatic nitrogens is 1. The van der Waals surface area contributed by atoms with Crippen molar-refractivity contribution in [1.29, 1.82) is 0 Å². The Bertz CT molecular complexity index is 638. The van der Waals surface area contributed by atoms with Crippen molar-refractivity contribution in [3.05, 3.63) is 34.3 Å². The zero-order valence-corrected chi connectivity index (χ0v) is 11.9. The summed E-state index contributed by atoms with van der Waals surface area (Å²) in [6.07, 6.45) is -3.80. The summed E-state index contributed by atoms with van der Waals surface area (Å²) in [4.78, 5) is 4.15. The van der Waals surface area contributed by atoms with Crippen LogP contribution in [-0.4, -0.2) is 11.5 Å². The molecular weight excluding hydrogens is 289 g/mol. The summed E-state index contributed by atoms with van der Waals surface area (Å²) in [6, 6.07) is 4.13. The van der Waals surface area contributed by atoms with E-state index in [1.54, 1.807) is 6.07 Å². The zero-order valence-electron chi connectivity index (χ0n) is 11.1. The average Bonchev–Trinajstić information content (AvgIpc) is 2.36. The van der Waals surface area contributed by atoms with Crippen molar-refractivity contribution in [2.45, 2.75) is 26.4 Å². The SMILES string of the molecule is CCNc1nc2c(C(F)(F)F)cc(Cl)cc2cc1CC. The fourth-order valence-corrected chi connectivity index (χ4v) is 2.33. The lowest BCUT2D eigenvalue weighted by atomic mass is 10.1. The number of aryl methyl sites for hydroxylation is 1. The maximum Gasteiger partial charge on any atom is 0.418 e. The van der Waals surface area contributed by atoms with Gasteiger partial charge in [-0.3, -0.25) is 0 Å². The number of fused-ring (bicyclic) bond motifs is 1. The lowest BCUT2D eigenvalue weighted by Crippen LogP contribution is -2.09. The van der Waals surface area contributed by atoms with Gasteiger partial charge in [-0.2, -0.15) is 13.2 Å². The van der Waals surface area contributed by atoms with Crippen LogP contribution in [0.3, 0.4) is 0 Å². The molecule has 0 saturated heterocycles. The molecule has 1 aromatic carbocycles. The molecule has 0 saturated carbocycles. The van der Waals surface area contributed by atoms with Gasteiger partial charge in [0.2, 0.25) is 0 Å². The van der Waals surface area contributed by atoms with E-state index in [2.05, 4.69) is 10.3 Å². The van der Waals surface area contributed by atoms with E-state index in [0.717, 1.165) is 11.6 Å². The minimum absolute atomic E-state index is 0.0601. The minimum Gasteiger partial charge on any atom is -0.370 e. The van der Waals surface area contributed by atoms with Gasteiger partial charge in [0.1, 0.15) is 5.82 Å². The lowest BCUT2D eigenvalue weighted by Gasteiger charge is -2.14. The Morgan fingerprint density at radius 1 is 1.20 bits per heavy atom. The molecule has 0 aliphatic carbocycles. The highest BCUT2D eigenvalue weighted by atomic mass is 35.5. The minimum atomic E-state index is -4.48. The molecule has 2 aromatic rings. The maximum absolute atomic E-state index is 13.1. The van der Waals surface area contributed by atoms with Gasteiger partial charge in [0, 0.05) is 17.0 Å². The first-order valence-electron chi connectivity index (χ1n) is 6.31. The van der Waals surface area contributed by atoms with Gasteiger partial charge in [-0.1, -0.05) is 18.5 Å². The number of anilines is 1. The number of nitrogens with zero attached hydrogens (tertiary/aromatic N) is 1.